The Kier molecular flexibility index (Phi) is 3.07. The molecule has 3 heteroatoms. The zero-order chi connectivity index (χ0) is 12.4. The Morgan fingerprint density at radius 3 is 2.72 bits per heavy atom. The van der Waals surface area contributed by atoms with Gasteiger partial charge in [0.05, 0.1) is 10.2 Å². The van der Waals surface area contributed by atoms with Crippen molar-refractivity contribution in [2.75, 3.05) is 0 Å². The molecule has 0 saturated carbocycles. The average Bonchev–Trinajstić information content (AvgIpc) is 2.84. The van der Waals surface area contributed by atoms with Crippen LogP contribution in [0.5, 0.6) is 0 Å². The van der Waals surface area contributed by atoms with Crippen molar-refractivity contribution in [3.63, 3.8) is 0 Å². The van der Waals surface area contributed by atoms with Gasteiger partial charge in [-0.1, -0.05) is 25.5 Å². The largest absolute Gasteiger partial charge is 0.261 e. The summed E-state index contributed by atoms with van der Waals surface area (Å²) in [6, 6.07) is 12.4. The second kappa shape index (κ2) is 4.86. The van der Waals surface area contributed by atoms with Gasteiger partial charge in [0.2, 0.25) is 0 Å². The van der Waals surface area contributed by atoms with Crippen molar-refractivity contribution < 1.29 is 0 Å². The third-order valence-corrected chi connectivity index (χ3v) is 3.96. The van der Waals surface area contributed by atoms with Crippen LogP contribution in [-0.2, 0) is 6.42 Å². The summed E-state index contributed by atoms with van der Waals surface area (Å²) in [7, 11) is 0. The molecule has 0 aliphatic heterocycles. The average molecular weight is 254 g/mol. The summed E-state index contributed by atoms with van der Waals surface area (Å²) in [4.78, 5) is 9.12. The van der Waals surface area contributed by atoms with Crippen molar-refractivity contribution in [2.24, 2.45) is 0 Å². The molecule has 0 aliphatic carbocycles. The Morgan fingerprint density at radius 1 is 1.11 bits per heavy atom. The second-order valence-electron chi connectivity index (χ2n) is 4.27. The van der Waals surface area contributed by atoms with Gasteiger partial charge in [-0.2, -0.15) is 0 Å². The first-order chi connectivity index (χ1) is 8.86. The molecule has 2 heterocycles. The lowest BCUT2D eigenvalue weighted by Gasteiger charge is -1.99. The minimum Gasteiger partial charge on any atom is -0.261 e. The topological polar surface area (TPSA) is 25.8 Å². The van der Waals surface area contributed by atoms with Gasteiger partial charge in [0.25, 0.3) is 0 Å². The van der Waals surface area contributed by atoms with E-state index in [0.717, 1.165) is 34.6 Å². The minimum atomic E-state index is 1.04. The Hall–Kier alpha value is -1.74. The highest BCUT2D eigenvalue weighted by molar-refractivity contribution is 7.21. The zero-order valence-electron chi connectivity index (χ0n) is 10.3. The fourth-order valence-corrected chi connectivity index (χ4v) is 2.91. The first-order valence-corrected chi connectivity index (χ1v) is 6.99. The lowest BCUT2D eigenvalue weighted by molar-refractivity contribution is 0.883. The van der Waals surface area contributed by atoms with Crippen LogP contribution in [0.4, 0.5) is 0 Å². The van der Waals surface area contributed by atoms with Crippen LogP contribution in [-0.4, -0.2) is 9.97 Å². The molecule has 0 bridgehead atoms. The molecular weight excluding hydrogens is 240 g/mol. The van der Waals surface area contributed by atoms with Crippen LogP contribution in [0, 0.1) is 0 Å². The Labute approximate surface area is 110 Å². The fraction of sp³-hybridized carbons (Fsp3) is 0.200. The van der Waals surface area contributed by atoms with Crippen LogP contribution >= 0.6 is 11.3 Å². The Morgan fingerprint density at radius 2 is 2.00 bits per heavy atom. The van der Waals surface area contributed by atoms with E-state index in [1.807, 2.05) is 24.4 Å². The van der Waals surface area contributed by atoms with E-state index >= 15 is 0 Å². The first kappa shape index (κ1) is 11.4. The summed E-state index contributed by atoms with van der Waals surface area (Å²) < 4.78 is 1.23. The molecule has 0 saturated heterocycles. The van der Waals surface area contributed by atoms with Crippen LogP contribution in [0.3, 0.4) is 0 Å². The van der Waals surface area contributed by atoms with Gasteiger partial charge >= 0.3 is 0 Å². The number of hydrogen-bond acceptors (Lipinski definition) is 3. The SMILES string of the molecule is CCCc1ccc(-c2nc3ccccc3s2)cn1. The number of para-hydroxylation sites is 1. The van der Waals surface area contributed by atoms with E-state index in [1.165, 1.54) is 4.70 Å². The third kappa shape index (κ3) is 2.14. The highest BCUT2D eigenvalue weighted by atomic mass is 32.1. The first-order valence-electron chi connectivity index (χ1n) is 6.17. The van der Waals surface area contributed by atoms with E-state index in [-0.39, 0.29) is 0 Å². The molecule has 0 unspecified atom stereocenters. The van der Waals surface area contributed by atoms with Crippen molar-refractivity contribution in [1.82, 2.24) is 9.97 Å². The van der Waals surface area contributed by atoms with Crippen molar-refractivity contribution in [3.8, 4) is 10.6 Å². The van der Waals surface area contributed by atoms with Crippen LogP contribution in [0.1, 0.15) is 19.0 Å². The molecule has 0 fully saturated rings. The van der Waals surface area contributed by atoms with Crippen molar-refractivity contribution in [3.05, 3.63) is 48.3 Å². The summed E-state index contributed by atoms with van der Waals surface area (Å²) >= 11 is 1.72. The molecule has 2 nitrogen and oxygen atoms in total. The molecule has 3 rings (SSSR count). The molecule has 0 N–H and O–H groups in total. The predicted octanol–water partition coefficient (Wildman–Crippen LogP) is 4.31. The second-order valence-corrected chi connectivity index (χ2v) is 5.31. The predicted molar refractivity (Wildman–Crippen MR) is 76.8 cm³/mol. The van der Waals surface area contributed by atoms with E-state index in [9.17, 15) is 0 Å². The molecule has 0 amide bonds. The number of hydrogen-bond donors (Lipinski definition) is 0. The smallest absolute Gasteiger partial charge is 0.126 e. The van der Waals surface area contributed by atoms with Gasteiger partial charge in [-0.25, -0.2) is 4.98 Å². The molecule has 0 spiro atoms. The molecule has 1 aromatic carbocycles. The summed E-state index contributed by atoms with van der Waals surface area (Å²) in [5, 5.41) is 1.05. The van der Waals surface area contributed by atoms with E-state index in [0.29, 0.717) is 0 Å². The van der Waals surface area contributed by atoms with Gasteiger partial charge in [0.1, 0.15) is 5.01 Å². The molecular formula is C15H14N2S. The van der Waals surface area contributed by atoms with Crippen LogP contribution in [0.15, 0.2) is 42.6 Å². The van der Waals surface area contributed by atoms with Gasteiger partial charge in [0.15, 0.2) is 0 Å². The number of benzene rings is 1. The molecule has 90 valence electrons. The number of nitrogens with zero attached hydrogens (tertiary/aromatic N) is 2. The maximum absolute atomic E-state index is 4.64. The van der Waals surface area contributed by atoms with Gasteiger partial charge in [-0.3, -0.25) is 4.98 Å². The number of aromatic nitrogens is 2. The fourth-order valence-electron chi connectivity index (χ4n) is 1.95. The van der Waals surface area contributed by atoms with Crippen LogP contribution in [0.2, 0.25) is 0 Å². The number of thiazole rings is 1. The van der Waals surface area contributed by atoms with Crippen molar-refractivity contribution in [2.45, 2.75) is 19.8 Å². The van der Waals surface area contributed by atoms with E-state index in [4.69, 9.17) is 0 Å². The molecule has 0 aliphatic rings. The van der Waals surface area contributed by atoms with Gasteiger partial charge < -0.3 is 0 Å². The highest BCUT2D eigenvalue weighted by Gasteiger charge is 2.05. The third-order valence-electron chi connectivity index (χ3n) is 2.87. The lowest BCUT2D eigenvalue weighted by atomic mass is 10.2. The molecule has 2 aromatic heterocycles. The molecule has 0 atom stereocenters. The zero-order valence-corrected chi connectivity index (χ0v) is 11.1. The Balaban J connectivity index is 1.98. The molecule has 3 aromatic rings. The monoisotopic (exact) mass is 254 g/mol. The van der Waals surface area contributed by atoms with Gasteiger partial charge in [-0.15, -0.1) is 11.3 Å². The quantitative estimate of drug-likeness (QED) is 0.696. The van der Waals surface area contributed by atoms with Crippen molar-refractivity contribution >= 4 is 21.6 Å². The lowest BCUT2D eigenvalue weighted by Crippen LogP contribution is -1.88. The van der Waals surface area contributed by atoms with E-state index < -0.39 is 0 Å². The normalized spacial score (nSPS) is 10.9. The number of pyridine rings is 1. The van der Waals surface area contributed by atoms with Crippen molar-refractivity contribution in [1.29, 1.82) is 0 Å². The molecule has 18 heavy (non-hydrogen) atoms. The van der Waals surface area contributed by atoms with E-state index in [2.05, 4.69) is 35.1 Å². The number of aryl methyl sites for hydroxylation is 1. The summed E-state index contributed by atoms with van der Waals surface area (Å²) in [6.07, 6.45) is 4.11. The highest BCUT2D eigenvalue weighted by Crippen LogP contribution is 2.29. The summed E-state index contributed by atoms with van der Waals surface area (Å²) in [6.45, 7) is 2.17. The number of rotatable bonds is 3. The van der Waals surface area contributed by atoms with E-state index in [1.54, 1.807) is 11.3 Å². The number of fused-ring (bicyclic) bond motifs is 1. The van der Waals surface area contributed by atoms with Crippen LogP contribution < -0.4 is 0 Å². The Bertz CT molecular complexity index is 623. The van der Waals surface area contributed by atoms with Gasteiger partial charge in [0, 0.05) is 17.5 Å². The summed E-state index contributed by atoms with van der Waals surface area (Å²) in [5.41, 5.74) is 3.33. The minimum absolute atomic E-state index is 1.04. The van der Waals surface area contributed by atoms with Crippen LogP contribution in [0.25, 0.3) is 20.8 Å². The summed E-state index contributed by atoms with van der Waals surface area (Å²) in [5.74, 6) is 0. The maximum Gasteiger partial charge on any atom is 0.126 e. The maximum atomic E-state index is 4.64. The van der Waals surface area contributed by atoms with Gasteiger partial charge in [-0.05, 0) is 30.7 Å². The standard InChI is InChI=1S/C15H14N2S/c1-2-5-12-9-8-11(10-16-12)15-17-13-6-3-4-7-14(13)18-15/h3-4,6-10H,2,5H2,1H3. The molecule has 0 radical (unpaired) electrons.